The highest BCUT2D eigenvalue weighted by atomic mass is 16.1. The fourth-order valence-electron chi connectivity index (χ4n) is 1.52. The summed E-state index contributed by atoms with van der Waals surface area (Å²) < 4.78 is 0. The molecule has 2 N–H and O–H groups in total. The number of carbonyl (C=O) groups is 1. The van der Waals surface area contributed by atoms with Crippen molar-refractivity contribution in [3.63, 3.8) is 0 Å². The normalized spacial score (nSPS) is 10.4. The number of anilines is 2. The topological polar surface area (TPSA) is 41.1 Å². The van der Waals surface area contributed by atoms with E-state index in [-0.39, 0.29) is 5.91 Å². The predicted octanol–water partition coefficient (Wildman–Crippen LogP) is 3.41. The van der Waals surface area contributed by atoms with Crippen LogP contribution < -0.4 is 10.6 Å². The van der Waals surface area contributed by atoms with Crippen LogP contribution in [0.3, 0.4) is 0 Å². The van der Waals surface area contributed by atoms with Crippen LogP contribution in [0.15, 0.2) is 18.2 Å². The van der Waals surface area contributed by atoms with E-state index in [9.17, 15) is 4.79 Å². The minimum absolute atomic E-state index is 0.0501. The molecule has 0 aliphatic heterocycles. The molecule has 0 aliphatic carbocycles. The quantitative estimate of drug-likeness (QED) is 0.819. The first-order valence-corrected chi connectivity index (χ1v) is 6.18. The molecule has 3 nitrogen and oxygen atoms in total. The Labute approximate surface area is 104 Å². The highest BCUT2D eigenvalue weighted by molar-refractivity contribution is 5.92. The van der Waals surface area contributed by atoms with Gasteiger partial charge in [-0.3, -0.25) is 4.79 Å². The van der Waals surface area contributed by atoms with Crippen molar-refractivity contribution >= 4 is 17.3 Å². The summed E-state index contributed by atoms with van der Waals surface area (Å²) in [5, 5.41) is 6.30. The van der Waals surface area contributed by atoms with Crippen LogP contribution >= 0.6 is 0 Å². The van der Waals surface area contributed by atoms with E-state index in [2.05, 4.69) is 24.5 Å². The number of benzene rings is 1. The highest BCUT2D eigenvalue weighted by Crippen LogP contribution is 2.23. The molecule has 1 amide bonds. The molecular weight excluding hydrogens is 212 g/mol. The Balaban J connectivity index is 2.79. The van der Waals surface area contributed by atoms with Gasteiger partial charge in [0.15, 0.2) is 0 Å². The Hall–Kier alpha value is -1.51. The number of hydrogen-bond acceptors (Lipinski definition) is 2. The van der Waals surface area contributed by atoms with Gasteiger partial charge >= 0.3 is 0 Å². The second kappa shape index (κ2) is 6.28. The zero-order chi connectivity index (χ0) is 12.8. The Bertz CT molecular complexity index is 386. The fourth-order valence-corrected chi connectivity index (χ4v) is 1.52. The molecule has 0 atom stereocenters. The molecule has 0 saturated heterocycles. The van der Waals surface area contributed by atoms with Crippen molar-refractivity contribution in [2.75, 3.05) is 17.2 Å². The predicted molar refractivity (Wildman–Crippen MR) is 73.4 cm³/mol. The van der Waals surface area contributed by atoms with E-state index in [4.69, 9.17) is 0 Å². The largest absolute Gasteiger partial charge is 0.385 e. The molecule has 0 saturated carbocycles. The number of hydrogen-bond donors (Lipinski definition) is 2. The summed E-state index contributed by atoms with van der Waals surface area (Å²) >= 11 is 0. The average Bonchev–Trinajstić information content (AvgIpc) is 2.30. The van der Waals surface area contributed by atoms with E-state index in [1.807, 2.05) is 32.0 Å². The van der Waals surface area contributed by atoms with Gasteiger partial charge in [-0.1, -0.05) is 26.8 Å². The molecule has 1 aromatic carbocycles. The maximum Gasteiger partial charge on any atom is 0.224 e. The lowest BCUT2D eigenvalue weighted by molar-refractivity contribution is -0.115. The van der Waals surface area contributed by atoms with Gasteiger partial charge in [0.05, 0.1) is 0 Å². The maximum atomic E-state index is 11.4. The van der Waals surface area contributed by atoms with E-state index in [0.29, 0.717) is 12.3 Å². The lowest BCUT2D eigenvalue weighted by Gasteiger charge is -2.15. The second-order valence-corrected chi connectivity index (χ2v) is 4.65. The van der Waals surface area contributed by atoms with Crippen LogP contribution in [-0.4, -0.2) is 12.5 Å². The molecule has 0 spiro atoms. The van der Waals surface area contributed by atoms with Gasteiger partial charge in [0.25, 0.3) is 0 Å². The molecule has 17 heavy (non-hydrogen) atoms. The van der Waals surface area contributed by atoms with Gasteiger partial charge in [-0.15, -0.1) is 0 Å². The summed E-state index contributed by atoms with van der Waals surface area (Å²) in [5.41, 5.74) is 3.08. The summed E-state index contributed by atoms with van der Waals surface area (Å²) in [4.78, 5) is 11.4. The lowest BCUT2D eigenvalue weighted by atomic mass is 10.1. The van der Waals surface area contributed by atoms with Gasteiger partial charge < -0.3 is 10.6 Å². The molecule has 3 heteroatoms. The van der Waals surface area contributed by atoms with Gasteiger partial charge in [0.1, 0.15) is 0 Å². The van der Waals surface area contributed by atoms with E-state index >= 15 is 0 Å². The Morgan fingerprint density at radius 1 is 1.29 bits per heavy atom. The summed E-state index contributed by atoms with van der Waals surface area (Å²) in [7, 11) is 0. The second-order valence-electron chi connectivity index (χ2n) is 4.65. The number of carbonyl (C=O) groups excluding carboxylic acids is 1. The lowest BCUT2D eigenvalue weighted by Crippen LogP contribution is -2.13. The zero-order valence-corrected chi connectivity index (χ0v) is 11.1. The molecule has 1 aromatic rings. The van der Waals surface area contributed by atoms with Crippen molar-refractivity contribution in [3.05, 3.63) is 23.8 Å². The van der Waals surface area contributed by atoms with E-state index in [1.54, 1.807) is 0 Å². The van der Waals surface area contributed by atoms with Crippen molar-refractivity contribution in [1.29, 1.82) is 0 Å². The molecule has 0 bridgehead atoms. The van der Waals surface area contributed by atoms with Crippen LogP contribution in [0.5, 0.6) is 0 Å². The summed E-state index contributed by atoms with van der Waals surface area (Å²) in [5.74, 6) is 0.650. The Morgan fingerprint density at radius 3 is 2.53 bits per heavy atom. The minimum Gasteiger partial charge on any atom is -0.385 e. The van der Waals surface area contributed by atoms with Crippen LogP contribution in [0.2, 0.25) is 0 Å². The zero-order valence-electron chi connectivity index (χ0n) is 11.1. The van der Waals surface area contributed by atoms with Crippen LogP contribution in [0, 0.1) is 12.8 Å². The van der Waals surface area contributed by atoms with Gasteiger partial charge in [0, 0.05) is 24.3 Å². The molecule has 0 unspecified atom stereocenters. The van der Waals surface area contributed by atoms with Gasteiger partial charge in [0.2, 0.25) is 5.91 Å². The first kappa shape index (κ1) is 13.6. The number of nitrogens with one attached hydrogen (secondary N) is 2. The molecule has 0 radical (unpaired) electrons. The van der Waals surface area contributed by atoms with Crippen LogP contribution in [0.1, 0.15) is 32.8 Å². The third kappa shape index (κ3) is 4.10. The van der Waals surface area contributed by atoms with Crippen molar-refractivity contribution in [2.24, 2.45) is 5.92 Å². The third-order valence-electron chi connectivity index (χ3n) is 2.63. The molecular formula is C14H22N2O. The molecule has 0 aromatic heterocycles. The fraction of sp³-hybridized carbons (Fsp3) is 0.500. The standard InChI is InChI=1S/C14H22N2O/c1-5-14(17)16-13-8-6-7-12(11(13)4)15-9-10(2)3/h6-8,10,15H,5,9H2,1-4H3,(H,16,17). The molecule has 0 fully saturated rings. The summed E-state index contributed by atoms with van der Waals surface area (Å²) in [6.45, 7) is 9.15. The number of rotatable bonds is 5. The minimum atomic E-state index is 0.0501. The summed E-state index contributed by atoms with van der Waals surface area (Å²) in [6, 6.07) is 5.93. The summed E-state index contributed by atoms with van der Waals surface area (Å²) in [6.07, 6.45) is 0.503. The average molecular weight is 234 g/mol. The Morgan fingerprint density at radius 2 is 1.94 bits per heavy atom. The molecule has 0 aliphatic rings. The van der Waals surface area contributed by atoms with E-state index in [1.165, 1.54) is 0 Å². The van der Waals surface area contributed by atoms with Gasteiger partial charge in [-0.2, -0.15) is 0 Å². The molecule has 0 heterocycles. The van der Waals surface area contributed by atoms with Crippen molar-refractivity contribution in [1.82, 2.24) is 0 Å². The third-order valence-corrected chi connectivity index (χ3v) is 2.63. The van der Waals surface area contributed by atoms with Crippen molar-refractivity contribution in [3.8, 4) is 0 Å². The smallest absolute Gasteiger partial charge is 0.224 e. The first-order valence-electron chi connectivity index (χ1n) is 6.18. The SMILES string of the molecule is CCC(=O)Nc1cccc(NCC(C)C)c1C. The Kier molecular flexibility index (Phi) is 5.01. The van der Waals surface area contributed by atoms with Crippen LogP contribution in [-0.2, 0) is 4.79 Å². The van der Waals surface area contributed by atoms with Crippen LogP contribution in [0.4, 0.5) is 11.4 Å². The van der Waals surface area contributed by atoms with E-state index < -0.39 is 0 Å². The monoisotopic (exact) mass is 234 g/mol. The first-order chi connectivity index (χ1) is 8.04. The van der Waals surface area contributed by atoms with Crippen molar-refractivity contribution in [2.45, 2.75) is 34.1 Å². The van der Waals surface area contributed by atoms with Crippen LogP contribution in [0.25, 0.3) is 0 Å². The van der Waals surface area contributed by atoms with Crippen molar-refractivity contribution < 1.29 is 4.79 Å². The molecule has 1 rings (SSSR count). The highest BCUT2D eigenvalue weighted by Gasteiger charge is 2.06. The number of amides is 1. The van der Waals surface area contributed by atoms with Gasteiger partial charge in [-0.25, -0.2) is 0 Å². The van der Waals surface area contributed by atoms with E-state index in [0.717, 1.165) is 23.5 Å². The van der Waals surface area contributed by atoms with Gasteiger partial charge in [-0.05, 0) is 30.5 Å². The molecule has 94 valence electrons. The maximum absolute atomic E-state index is 11.4.